The first-order valence-electron chi connectivity index (χ1n) is 7.28. The van der Waals surface area contributed by atoms with E-state index < -0.39 is 10.0 Å². The van der Waals surface area contributed by atoms with E-state index in [1.54, 1.807) is 55.5 Å². The standard InChI is InChI=1S/C17H20N2O4S/c1-12(14-5-4-6-16(11-14)24(18,21)22)19(2)17(20)13-7-9-15(23-3)10-8-13/h4-12H,1-3H3,(H2,18,21,22). The van der Waals surface area contributed by atoms with E-state index in [-0.39, 0.29) is 16.8 Å². The fraction of sp³-hybridized carbons (Fsp3) is 0.235. The van der Waals surface area contributed by atoms with Crippen molar-refractivity contribution in [1.29, 1.82) is 0 Å². The molecule has 0 radical (unpaired) electrons. The van der Waals surface area contributed by atoms with Gasteiger partial charge in [-0.05, 0) is 48.9 Å². The van der Waals surface area contributed by atoms with Crippen molar-refractivity contribution in [2.24, 2.45) is 5.14 Å². The summed E-state index contributed by atoms with van der Waals surface area (Å²) in [7, 11) is -0.555. The minimum absolute atomic E-state index is 0.0251. The van der Waals surface area contributed by atoms with E-state index in [4.69, 9.17) is 9.88 Å². The third-order valence-electron chi connectivity index (χ3n) is 3.91. The molecule has 7 heteroatoms. The highest BCUT2D eigenvalue weighted by atomic mass is 32.2. The SMILES string of the molecule is COc1ccc(C(=O)N(C)C(C)c2cccc(S(N)(=O)=O)c2)cc1. The highest BCUT2D eigenvalue weighted by Crippen LogP contribution is 2.23. The van der Waals surface area contributed by atoms with Crippen molar-refractivity contribution in [3.63, 3.8) is 0 Å². The molecule has 0 aliphatic carbocycles. The molecule has 0 saturated carbocycles. The van der Waals surface area contributed by atoms with E-state index in [0.717, 1.165) is 0 Å². The maximum Gasteiger partial charge on any atom is 0.254 e. The molecule has 24 heavy (non-hydrogen) atoms. The van der Waals surface area contributed by atoms with Crippen molar-refractivity contribution in [1.82, 2.24) is 4.90 Å². The minimum atomic E-state index is -3.78. The molecule has 2 aromatic rings. The zero-order valence-corrected chi connectivity index (χ0v) is 14.6. The normalized spacial score (nSPS) is 12.5. The van der Waals surface area contributed by atoms with Crippen molar-refractivity contribution < 1.29 is 17.9 Å². The van der Waals surface area contributed by atoms with Crippen LogP contribution in [0.4, 0.5) is 0 Å². The van der Waals surface area contributed by atoms with Gasteiger partial charge in [-0.3, -0.25) is 4.79 Å². The third kappa shape index (κ3) is 3.93. The fourth-order valence-electron chi connectivity index (χ4n) is 2.29. The van der Waals surface area contributed by atoms with E-state index in [1.807, 2.05) is 6.92 Å². The van der Waals surface area contributed by atoms with E-state index in [0.29, 0.717) is 16.9 Å². The number of hydrogen-bond donors (Lipinski definition) is 1. The number of methoxy groups -OCH3 is 1. The molecule has 0 bridgehead atoms. The Morgan fingerprint density at radius 2 is 1.79 bits per heavy atom. The van der Waals surface area contributed by atoms with Crippen LogP contribution in [0, 0.1) is 0 Å². The number of ether oxygens (including phenoxy) is 1. The molecular weight excluding hydrogens is 328 g/mol. The maximum absolute atomic E-state index is 12.6. The molecule has 0 saturated heterocycles. The van der Waals surface area contributed by atoms with Crippen molar-refractivity contribution in [2.45, 2.75) is 17.9 Å². The number of nitrogens with zero attached hydrogens (tertiary/aromatic N) is 1. The number of primary sulfonamides is 1. The van der Waals surface area contributed by atoms with Crippen LogP contribution in [0.15, 0.2) is 53.4 Å². The van der Waals surface area contributed by atoms with Gasteiger partial charge in [-0.1, -0.05) is 12.1 Å². The molecule has 2 N–H and O–H groups in total. The van der Waals surface area contributed by atoms with Crippen LogP contribution >= 0.6 is 0 Å². The molecule has 1 unspecified atom stereocenters. The first-order valence-corrected chi connectivity index (χ1v) is 8.82. The van der Waals surface area contributed by atoms with Crippen molar-refractivity contribution in [3.05, 3.63) is 59.7 Å². The van der Waals surface area contributed by atoms with Crippen LogP contribution in [0.2, 0.25) is 0 Å². The minimum Gasteiger partial charge on any atom is -0.497 e. The number of sulfonamides is 1. The Kier molecular flexibility index (Phi) is 5.26. The Hall–Kier alpha value is -2.38. The summed E-state index contributed by atoms with van der Waals surface area (Å²) in [4.78, 5) is 14.2. The number of hydrogen-bond acceptors (Lipinski definition) is 4. The molecule has 0 heterocycles. The summed E-state index contributed by atoms with van der Waals surface area (Å²) >= 11 is 0. The molecule has 0 aromatic heterocycles. The van der Waals surface area contributed by atoms with Gasteiger partial charge >= 0.3 is 0 Å². The van der Waals surface area contributed by atoms with E-state index in [1.165, 1.54) is 12.1 Å². The van der Waals surface area contributed by atoms with Crippen LogP contribution in [0.5, 0.6) is 5.75 Å². The van der Waals surface area contributed by atoms with E-state index in [2.05, 4.69) is 0 Å². The van der Waals surface area contributed by atoms with Crippen LogP contribution in [0.3, 0.4) is 0 Å². The zero-order valence-electron chi connectivity index (χ0n) is 13.8. The Morgan fingerprint density at radius 3 is 2.33 bits per heavy atom. The second-order valence-corrected chi connectivity index (χ2v) is 7.00. The predicted octanol–water partition coefficient (Wildman–Crippen LogP) is 2.18. The summed E-state index contributed by atoms with van der Waals surface area (Å²) in [5.41, 5.74) is 1.21. The number of carbonyl (C=O) groups is 1. The van der Waals surface area contributed by atoms with Gasteiger partial charge in [0.1, 0.15) is 5.75 Å². The Labute approximate surface area is 141 Å². The lowest BCUT2D eigenvalue weighted by molar-refractivity contribution is 0.0742. The Balaban J connectivity index is 2.25. The molecule has 0 aliphatic rings. The number of carbonyl (C=O) groups excluding carboxylic acids is 1. The largest absolute Gasteiger partial charge is 0.497 e. The summed E-state index contributed by atoms with van der Waals surface area (Å²) in [5, 5.41) is 5.16. The van der Waals surface area contributed by atoms with Gasteiger partial charge in [0.05, 0.1) is 18.0 Å². The quantitative estimate of drug-likeness (QED) is 0.897. The van der Waals surface area contributed by atoms with Crippen LogP contribution < -0.4 is 9.88 Å². The second kappa shape index (κ2) is 7.02. The molecule has 2 aromatic carbocycles. The molecule has 0 fully saturated rings. The molecule has 2 rings (SSSR count). The zero-order chi connectivity index (χ0) is 17.9. The lowest BCUT2D eigenvalue weighted by Crippen LogP contribution is -2.29. The van der Waals surface area contributed by atoms with Crippen molar-refractivity contribution >= 4 is 15.9 Å². The lowest BCUT2D eigenvalue weighted by Gasteiger charge is -2.25. The topological polar surface area (TPSA) is 89.7 Å². The molecular formula is C17H20N2O4S. The van der Waals surface area contributed by atoms with Crippen LogP contribution in [0.25, 0.3) is 0 Å². The maximum atomic E-state index is 12.6. The summed E-state index contributed by atoms with van der Waals surface area (Å²) in [6.45, 7) is 1.82. The summed E-state index contributed by atoms with van der Waals surface area (Å²) in [6, 6.07) is 12.8. The monoisotopic (exact) mass is 348 g/mol. The third-order valence-corrected chi connectivity index (χ3v) is 4.82. The van der Waals surface area contributed by atoms with Gasteiger partial charge in [0, 0.05) is 12.6 Å². The molecule has 6 nitrogen and oxygen atoms in total. The first kappa shape index (κ1) is 18.0. The van der Waals surface area contributed by atoms with Gasteiger partial charge in [-0.2, -0.15) is 0 Å². The van der Waals surface area contributed by atoms with E-state index in [9.17, 15) is 13.2 Å². The number of rotatable bonds is 5. The number of nitrogens with two attached hydrogens (primary N) is 1. The van der Waals surface area contributed by atoms with Crippen LogP contribution in [-0.2, 0) is 10.0 Å². The first-order chi connectivity index (χ1) is 11.2. The average molecular weight is 348 g/mol. The number of benzene rings is 2. The second-order valence-electron chi connectivity index (χ2n) is 5.44. The lowest BCUT2D eigenvalue weighted by atomic mass is 10.1. The van der Waals surface area contributed by atoms with Crippen molar-refractivity contribution in [2.75, 3.05) is 14.2 Å². The van der Waals surface area contributed by atoms with Gasteiger partial charge < -0.3 is 9.64 Å². The predicted molar refractivity (Wildman–Crippen MR) is 91.3 cm³/mol. The molecule has 0 spiro atoms. The summed E-state index contributed by atoms with van der Waals surface area (Å²) < 4.78 is 28.0. The highest BCUT2D eigenvalue weighted by molar-refractivity contribution is 7.89. The molecule has 1 atom stereocenters. The van der Waals surface area contributed by atoms with Gasteiger partial charge in [-0.25, -0.2) is 13.6 Å². The fourth-order valence-corrected chi connectivity index (χ4v) is 2.86. The Bertz CT molecular complexity index is 832. The van der Waals surface area contributed by atoms with Gasteiger partial charge in [-0.15, -0.1) is 0 Å². The average Bonchev–Trinajstić information content (AvgIpc) is 2.59. The van der Waals surface area contributed by atoms with Crippen LogP contribution in [-0.4, -0.2) is 33.4 Å². The molecule has 128 valence electrons. The van der Waals surface area contributed by atoms with Gasteiger partial charge in [0.2, 0.25) is 10.0 Å². The number of amides is 1. The van der Waals surface area contributed by atoms with Crippen LogP contribution in [0.1, 0.15) is 28.9 Å². The van der Waals surface area contributed by atoms with E-state index >= 15 is 0 Å². The van der Waals surface area contributed by atoms with Gasteiger partial charge in [0.15, 0.2) is 0 Å². The molecule has 0 aliphatic heterocycles. The smallest absolute Gasteiger partial charge is 0.254 e. The molecule has 1 amide bonds. The highest BCUT2D eigenvalue weighted by Gasteiger charge is 2.20. The summed E-state index contributed by atoms with van der Waals surface area (Å²) in [6.07, 6.45) is 0. The summed E-state index contributed by atoms with van der Waals surface area (Å²) in [5.74, 6) is 0.495. The van der Waals surface area contributed by atoms with Gasteiger partial charge in [0.25, 0.3) is 5.91 Å². The Morgan fingerprint density at radius 1 is 1.17 bits per heavy atom. The van der Waals surface area contributed by atoms with Crippen molar-refractivity contribution in [3.8, 4) is 5.75 Å².